The van der Waals surface area contributed by atoms with Gasteiger partial charge in [0.05, 0.1) is 0 Å². The molecule has 0 rings (SSSR count). The van der Waals surface area contributed by atoms with Gasteiger partial charge in [-0.1, -0.05) is 65.7 Å². The molecule has 190 valence electrons. The molecule has 0 heterocycles. The van der Waals surface area contributed by atoms with Crippen LogP contribution in [0.15, 0.2) is 0 Å². The molecule has 1 N–H and O–H groups in total. The van der Waals surface area contributed by atoms with Gasteiger partial charge in [0.1, 0.15) is 25.9 Å². The van der Waals surface area contributed by atoms with Gasteiger partial charge in [0.15, 0.2) is 0 Å². The lowest BCUT2D eigenvalue weighted by Gasteiger charge is -2.17. The summed E-state index contributed by atoms with van der Waals surface area (Å²) in [7, 11) is 1.49. The number of thioether (sulfide) groups is 1. The molecule has 0 aliphatic carbocycles. The van der Waals surface area contributed by atoms with Crippen LogP contribution in [0.3, 0.4) is 0 Å². The fourth-order valence-corrected chi connectivity index (χ4v) is 4.34. The molecule has 0 spiro atoms. The maximum absolute atomic E-state index is 11.8. The van der Waals surface area contributed by atoms with Crippen LogP contribution in [-0.4, -0.2) is 73.0 Å². The molecule has 0 saturated carbocycles. The number of esters is 1. The highest BCUT2D eigenvalue weighted by atomic mass is 32.2. The Bertz CT molecular complexity index is 488. The minimum absolute atomic E-state index is 0.159. The summed E-state index contributed by atoms with van der Waals surface area (Å²) in [5.41, 5.74) is 0. The molecule has 0 fully saturated rings. The van der Waals surface area contributed by atoms with Crippen LogP contribution in [0.25, 0.3) is 0 Å². The van der Waals surface area contributed by atoms with Crippen LogP contribution in [0, 0.1) is 0 Å². The van der Waals surface area contributed by atoms with E-state index in [1.165, 1.54) is 44.3 Å². The third-order valence-electron chi connectivity index (χ3n) is 4.60. The number of hydrogen-bond acceptors (Lipinski definition) is 8. The zero-order chi connectivity index (χ0) is 24.2. The summed E-state index contributed by atoms with van der Waals surface area (Å²) < 4.78 is 26.8. The van der Waals surface area contributed by atoms with E-state index in [0.29, 0.717) is 17.7 Å². The van der Waals surface area contributed by atoms with Crippen molar-refractivity contribution in [2.45, 2.75) is 95.8 Å². The number of nitrogens with zero attached hydrogens (tertiary/aromatic N) is 1. The second-order valence-corrected chi connectivity index (χ2v) is 12.3. The summed E-state index contributed by atoms with van der Waals surface area (Å²) in [6, 6.07) is 0. The van der Waals surface area contributed by atoms with Crippen LogP contribution < -0.4 is 0 Å². The molecule has 0 aromatic carbocycles. The molecule has 1 unspecified atom stereocenters. The molecular formula is C23H47NO6PS+. The minimum Gasteiger partial charge on any atom is -0.463 e. The Kier molecular flexibility index (Phi) is 20.0. The van der Waals surface area contributed by atoms with Crippen molar-refractivity contribution < 1.29 is 28.3 Å². The van der Waals surface area contributed by atoms with Gasteiger partial charge in [-0.15, -0.1) is 9.05 Å². The largest absolute Gasteiger partial charge is 0.697 e. The normalized spacial score (nSPS) is 13.4. The Morgan fingerprint density at radius 2 is 1.50 bits per heavy atom. The lowest BCUT2D eigenvalue weighted by molar-refractivity contribution is -0.147. The Morgan fingerprint density at radius 1 is 0.938 bits per heavy atom. The molecule has 0 amide bonds. The fourth-order valence-electron chi connectivity index (χ4n) is 2.78. The van der Waals surface area contributed by atoms with Gasteiger partial charge < -0.3 is 14.7 Å². The lowest BCUT2D eigenvalue weighted by atomic mass is 10.1. The molecule has 7 nitrogen and oxygen atoms in total. The number of hydrogen-bond donors (Lipinski definition) is 1. The van der Waals surface area contributed by atoms with Gasteiger partial charge >= 0.3 is 14.2 Å². The van der Waals surface area contributed by atoms with Crippen molar-refractivity contribution in [3.63, 3.8) is 0 Å². The number of unbranched alkanes of at least 4 members (excludes halogenated alkanes) is 8. The highest BCUT2D eigenvalue weighted by Gasteiger charge is 2.23. The minimum atomic E-state index is -2.28. The summed E-state index contributed by atoms with van der Waals surface area (Å²) in [4.78, 5) is 13.6. The molecule has 0 bridgehead atoms. The molecule has 0 radical (unpaired) electrons. The van der Waals surface area contributed by atoms with Crippen molar-refractivity contribution in [3.8, 4) is 0 Å². The van der Waals surface area contributed by atoms with Crippen molar-refractivity contribution >= 4 is 26.0 Å². The van der Waals surface area contributed by atoms with Crippen LogP contribution >= 0.6 is 20.0 Å². The molecule has 0 aromatic heterocycles. The number of aliphatic hydroxyl groups excluding tert-OH is 1. The highest BCUT2D eigenvalue weighted by molar-refractivity contribution is 8.00. The molecule has 0 saturated heterocycles. The third kappa shape index (κ3) is 24.4. The number of likely N-dealkylation sites (N-methyl/N-ethyl adjacent to an activating group) is 1. The summed E-state index contributed by atoms with van der Waals surface area (Å²) in [5.74, 6) is 0.943. The van der Waals surface area contributed by atoms with Gasteiger partial charge in [0.2, 0.25) is 0 Å². The first-order chi connectivity index (χ1) is 15.1. The third-order valence-corrected chi connectivity index (χ3v) is 6.72. The van der Waals surface area contributed by atoms with Gasteiger partial charge in [-0.2, -0.15) is 11.8 Å². The Hall–Kier alpha value is -0.240. The van der Waals surface area contributed by atoms with Crippen LogP contribution in [0.4, 0.5) is 0 Å². The van der Waals surface area contributed by atoms with Gasteiger partial charge in [-0.05, 0) is 32.7 Å². The van der Waals surface area contributed by atoms with Crippen LogP contribution in [0.1, 0.15) is 85.0 Å². The zero-order valence-electron chi connectivity index (χ0n) is 21.0. The molecule has 0 aliphatic rings. The average molecular weight is 497 g/mol. The van der Waals surface area contributed by atoms with E-state index in [0.717, 1.165) is 19.3 Å². The predicted octanol–water partition coefficient (Wildman–Crippen LogP) is 5.58. The van der Waals surface area contributed by atoms with E-state index in [-0.39, 0.29) is 25.8 Å². The quantitative estimate of drug-likeness (QED) is 0.125. The van der Waals surface area contributed by atoms with Gasteiger partial charge in [-0.3, -0.25) is 4.79 Å². The predicted molar refractivity (Wildman–Crippen MR) is 133 cm³/mol. The van der Waals surface area contributed by atoms with Crippen LogP contribution in [-0.2, 0) is 23.1 Å². The number of carbonyl (C=O) groups excluding carboxylic acids is 1. The average Bonchev–Trinajstić information content (AvgIpc) is 2.70. The molecule has 2 atom stereocenters. The molecule has 9 heteroatoms. The topological polar surface area (TPSA) is 85.3 Å². The van der Waals surface area contributed by atoms with Crippen LogP contribution in [0.5, 0.6) is 0 Å². The number of carbonyl (C=O) groups is 1. The van der Waals surface area contributed by atoms with E-state index >= 15 is 0 Å². The maximum atomic E-state index is 11.8. The van der Waals surface area contributed by atoms with Crippen molar-refractivity contribution in [1.29, 1.82) is 0 Å². The van der Waals surface area contributed by atoms with E-state index in [4.69, 9.17) is 13.8 Å². The molecule has 0 aromatic rings. The Labute approximate surface area is 201 Å². The molecule has 32 heavy (non-hydrogen) atoms. The van der Waals surface area contributed by atoms with Gasteiger partial charge in [0.25, 0.3) is 0 Å². The van der Waals surface area contributed by atoms with Gasteiger partial charge in [-0.25, -0.2) is 0 Å². The molecule has 0 aliphatic heterocycles. The van der Waals surface area contributed by atoms with E-state index < -0.39 is 14.4 Å². The summed E-state index contributed by atoms with van der Waals surface area (Å²) in [6.45, 7) is 7.37. The van der Waals surface area contributed by atoms with E-state index in [9.17, 15) is 14.5 Å². The number of aliphatic hydroxyl groups is 1. The SMILES string of the molecule is CN(C)CCO[P+](=O)OC[C@H](O)COC(=O)CCCCCCCCCCCSC(C)(C)C. The Morgan fingerprint density at radius 3 is 2.06 bits per heavy atom. The second-order valence-electron chi connectivity index (χ2n) is 9.39. The lowest BCUT2D eigenvalue weighted by Crippen LogP contribution is -2.23. The van der Waals surface area contributed by atoms with E-state index in [1.54, 1.807) is 0 Å². The van der Waals surface area contributed by atoms with Crippen molar-refractivity contribution in [2.24, 2.45) is 0 Å². The van der Waals surface area contributed by atoms with Crippen LogP contribution in [0.2, 0.25) is 0 Å². The highest BCUT2D eigenvalue weighted by Crippen LogP contribution is 2.25. The number of rotatable bonds is 21. The first-order valence-corrected chi connectivity index (χ1v) is 14.0. The van der Waals surface area contributed by atoms with E-state index in [1.807, 2.05) is 30.8 Å². The first-order valence-electron chi connectivity index (χ1n) is 12.0. The molecular weight excluding hydrogens is 449 g/mol. The second kappa shape index (κ2) is 20.2. The fraction of sp³-hybridized carbons (Fsp3) is 0.957. The first kappa shape index (κ1) is 31.8. The summed E-state index contributed by atoms with van der Waals surface area (Å²) >= 11 is 2.05. The zero-order valence-corrected chi connectivity index (χ0v) is 22.7. The smallest absolute Gasteiger partial charge is 0.463 e. The van der Waals surface area contributed by atoms with E-state index in [2.05, 4.69) is 20.8 Å². The van der Waals surface area contributed by atoms with Gasteiger partial charge in [0, 0.05) is 22.3 Å². The Balaban J connectivity index is 3.44. The van der Waals surface area contributed by atoms with Crippen molar-refractivity contribution in [3.05, 3.63) is 0 Å². The van der Waals surface area contributed by atoms with Crippen molar-refractivity contribution in [2.75, 3.05) is 46.2 Å². The summed E-state index contributed by atoms with van der Waals surface area (Å²) in [5, 5.41) is 9.76. The van der Waals surface area contributed by atoms with Crippen molar-refractivity contribution in [1.82, 2.24) is 4.90 Å². The standard InChI is InChI=1S/C23H47NO6PS/c1-23(2,3)32-18-14-12-10-8-6-7-9-11-13-15-22(26)28-19-21(25)20-30-31(27)29-17-16-24(4)5/h21,25H,6-20H2,1-5H3/q+1/t21-/m1/s1. The summed E-state index contributed by atoms with van der Waals surface area (Å²) in [6.07, 6.45) is 10.1. The number of ether oxygens (including phenoxy) is 1. The maximum Gasteiger partial charge on any atom is 0.697 e. The monoisotopic (exact) mass is 496 g/mol.